The smallest absolute Gasteiger partial charge is 0.319 e. The molecule has 6 nitrogen and oxygen atoms in total. The van der Waals surface area contributed by atoms with E-state index >= 15 is 0 Å². The second-order valence-corrected chi connectivity index (χ2v) is 5.69. The SMILES string of the molecule is Cc1cccc(NC(=O)NCC(=O)NCC2CCCNC2)c1. The molecule has 4 N–H and O–H groups in total. The highest BCUT2D eigenvalue weighted by Gasteiger charge is 2.14. The molecular weight excluding hydrogens is 280 g/mol. The van der Waals surface area contributed by atoms with Gasteiger partial charge in [0.05, 0.1) is 6.54 Å². The molecule has 0 bridgehead atoms. The van der Waals surface area contributed by atoms with Gasteiger partial charge in [-0.1, -0.05) is 12.1 Å². The summed E-state index contributed by atoms with van der Waals surface area (Å²) in [6.07, 6.45) is 2.28. The molecule has 1 saturated heterocycles. The highest BCUT2D eigenvalue weighted by molar-refractivity contribution is 5.92. The molecule has 120 valence electrons. The highest BCUT2D eigenvalue weighted by Crippen LogP contribution is 2.09. The minimum Gasteiger partial charge on any atom is -0.354 e. The number of hydrogen-bond acceptors (Lipinski definition) is 3. The number of urea groups is 1. The molecule has 1 aromatic rings. The zero-order valence-corrected chi connectivity index (χ0v) is 12.9. The molecule has 22 heavy (non-hydrogen) atoms. The number of rotatable bonds is 5. The molecule has 1 fully saturated rings. The lowest BCUT2D eigenvalue weighted by Gasteiger charge is -2.22. The summed E-state index contributed by atoms with van der Waals surface area (Å²) in [7, 11) is 0. The van der Waals surface area contributed by atoms with Crippen LogP contribution in [0.4, 0.5) is 10.5 Å². The fourth-order valence-corrected chi connectivity index (χ4v) is 2.48. The minimum absolute atomic E-state index is 0.0161. The van der Waals surface area contributed by atoms with Crippen molar-refractivity contribution in [1.82, 2.24) is 16.0 Å². The fourth-order valence-electron chi connectivity index (χ4n) is 2.48. The Morgan fingerprint density at radius 3 is 2.91 bits per heavy atom. The lowest BCUT2D eigenvalue weighted by molar-refractivity contribution is -0.120. The first kappa shape index (κ1) is 16.3. The monoisotopic (exact) mass is 304 g/mol. The van der Waals surface area contributed by atoms with Crippen LogP contribution in [0.5, 0.6) is 0 Å². The lowest BCUT2D eigenvalue weighted by Crippen LogP contribution is -2.42. The van der Waals surface area contributed by atoms with Gasteiger partial charge in [0.15, 0.2) is 0 Å². The van der Waals surface area contributed by atoms with Gasteiger partial charge < -0.3 is 21.3 Å². The minimum atomic E-state index is -0.375. The Morgan fingerprint density at radius 1 is 1.32 bits per heavy atom. The van der Waals surface area contributed by atoms with E-state index in [0.717, 1.165) is 31.5 Å². The van der Waals surface area contributed by atoms with Crippen LogP contribution >= 0.6 is 0 Å². The zero-order valence-electron chi connectivity index (χ0n) is 12.9. The summed E-state index contributed by atoms with van der Waals surface area (Å²) in [5, 5.41) is 11.4. The van der Waals surface area contributed by atoms with Crippen LogP contribution in [0.15, 0.2) is 24.3 Å². The van der Waals surface area contributed by atoms with Crippen LogP contribution in [0.1, 0.15) is 18.4 Å². The van der Waals surface area contributed by atoms with Gasteiger partial charge in [0.1, 0.15) is 0 Å². The third-order valence-corrected chi connectivity index (χ3v) is 3.67. The van der Waals surface area contributed by atoms with Gasteiger partial charge >= 0.3 is 6.03 Å². The van der Waals surface area contributed by atoms with E-state index in [0.29, 0.717) is 18.2 Å². The predicted octanol–water partition coefficient (Wildman–Crippen LogP) is 1.23. The molecular formula is C16H24N4O2. The Balaban J connectivity index is 1.64. The van der Waals surface area contributed by atoms with Crippen molar-refractivity contribution in [3.63, 3.8) is 0 Å². The fraction of sp³-hybridized carbons (Fsp3) is 0.500. The second kappa shape index (κ2) is 8.38. The summed E-state index contributed by atoms with van der Waals surface area (Å²) in [4.78, 5) is 23.4. The van der Waals surface area contributed by atoms with E-state index in [-0.39, 0.29) is 18.5 Å². The van der Waals surface area contributed by atoms with Crippen LogP contribution in [0.25, 0.3) is 0 Å². The molecule has 0 saturated carbocycles. The van der Waals surface area contributed by atoms with Crippen LogP contribution in [-0.4, -0.2) is 38.1 Å². The van der Waals surface area contributed by atoms with Gasteiger partial charge in [-0.05, 0) is 56.5 Å². The van der Waals surface area contributed by atoms with Gasteiger partial charge in [-0.3, -0.25) is 4.79 Å². The Labute approximate surface area is 131 Å². The Hall–Kier alpha value is -2.08. The Bertz CT molecular complexity index is 513. The molecule has 1 heterocycles. The van der Waals surface area contributed by atoms with Crippen LogP contribution < -0.4 is 21.3 Å². The molecule has 0 aliphatic carbocycles. The van der Waals surface area contributed by atoms with E-state index in [1.165, 1.54) is 0 Å². The predicted molar refractivity (Wildman–Crippen MR) is 86.8 cm³/mol. The van der Waals surface area contributed by atoms with Gasteiger partial charge in [-0.25, -0.2) is 4.79 Å². The highest BCUT2D eigenvalue weighted by atomic mass is 16.2. The van der Waals surface area contributed by atoms with Crippen molar-refractivity contribution < 1.29 is 9.59 Å². The van der Waals surface area contributed by atoms with Gasteiger partial charge in [-0.15, -0.1) is 0 Å². The zero-order chi connectivity index (χ0) is 15.8. The number of nitrogens with one attached hydrogen (secondary N) is 4. The van der Waals surface area contributed by atoms with Crippen LogP contribution in [-0.2, 0) is 4.79 Å². The Morgan fingerprint density at radius 2 is 2.18 bits per heavy atom. The van der Waals surface area contributed by atoms with Crippen molar-refractivity contribution in [2.24, 2.45) is 5.92 Å². The van der Waals surface area contributed by atoms with E-state index in [9.17, 15) is 9.59 Å². The van der Waals surface area contributed by atoms with Crippen molar-refractivity contribution in [3.05, 3.63) is 29.8 Å². The van der Waals surface area contributed by atoms with Gasteiger partial charge in [-0.2, -0.15) is 0 Å². The molecule has 1 aromatic carbocycles. The summed E-state index contributed by atoms with van der Waals surface area (Å²) in [6, 6.07) is 7.13. The number of hydrogen-bond donors (Lipinski definition) is 4. The van der Waals surface area contributed by atoms with Gasteiger partial charge in [0.25, 0.3) is 0 Å². The second-order valence-electron chi connectivity index (χ2n) is 5.69. The maximum Gasteiger partial charge on any atom is 0.319 e. The first-order chi connectivity index (χ1) is 10.6. The number of carbonyl (C=O) groups is 2. The van der Waals surface area contributed by atoms with E-state index in [1.54, 1.807) is 0 Å². The average molecular weight is 304 g/mol. The number of anilines is 1. The maximum atomic E-state index is 11.7. The van der Waals surface area contributed by atoms with Crippen molar-refractivity contribution in [1.29, 1.82) is 0 Å². The molecule has 0 spiro atoms. The number of amides is 3. The van der Waals surface area contributed by atoms with Crippen molar-refractivity contribution in [2.45, 2.75) is 19.8 Å². The first-order valence-corrected chi connectivity index (χ1v) is 7.72. The number of piperidine rings is 1. The Kier molecular flexibility index (Phi) is 6.21. The van der Waals surface area contributed by atoms with Crippen molar-refractivity contribution in [2.75, 3.05) is 31.5 Å². The summed E-state index contributed by atoms with van der Waals surface area (Å²) in [5.74, 6) is 0.323. The quantitative estimate of drug-likeness (QED) is 0.660. The van der Waals surface area contributed by atoms with Crippen LogP contribution in [0.3, 0.4) is 0 Å². The lowest BCUT2D eigenvalue weighted by atomic mass is 10.00. The summed E-state index contributed by atoms with van der Waals surface area (Å²) < 4.78 is 0. The third kappa shape index (κ3) is 5.73. The van der Waals surface area contributed by atoms with Crippen molar-refractivity contribution in [3.8, 4) is 0 Å². The van der Waals surface area contributed by atoms with Gasteiger partial charge in [0.2, 0.25) is 5.91 Å². The molecule has 1 aliphatic heterocycles. The molecule has 1 atom stereocenters. The standard InChI is InChI=1S/C16H24N4O2/c1-12-4-2-6-14(8-12)20-16(22)19-11-15(21)18-10-13-5-3-7-17-9-13/h2,4,6,8,13,17H,3,5,7,9-11H2,1H3,(H,18,21)(H2,19,20,22). The molecule has 1 aliphatic rings. The van der Waals surface area contributed by atoms with Crippen LogP contribution in [0.2, 0.25) is 0 Å². The van der Waals surface area contributed by atoms with Gasteiger partial charge in [0, 0.05) is 12.2 Å². The average Bonchev–Trinajstić information content (AvgIpc) is 2.52. The molecule has 0 radical (unpaired) electrons. The van der Waals surface area contributed by atoms with E-state index in [1.807, 2.05) is 31.2 Å². The number of carbonyl (C=O) groups excluding carboxylic acids is 2. The summed E-state index contributed by atoms with van der Waals surface area (Å²) in [6.45, 7) is 4.61. The first-order valence-electron chi connectivity index (χ1n) is 7.72. The maximum absolute atomic E-state index is 11.7. The molecule has 6 heteroatoms. The summed E-state index contributed by atoms with van der Waals surface area (Å²) >= 11 is 0. The van der Waals surface area contributed by atoms with E-state index in [2.05, 4.69) is 21.3 Å². The molecule has 3 amide bonds. The van der Waals surface area contributed by atoms with Crippen LogP contribution in [0, 0.1) is 12.8 Å². The molecule has 0 aromatic heterocycles. The topological polar surface area (TPSA) is 82.3 Å². The third-order valence-electron chi connectivity index (χ3n) is 3.67. The van der Waals surface area contributed by atoms with Crippen molar-refractivity contribution >= 4 is 17.6 Å². The number of aryl methyl sites for hydroxylation is 1. The largest absolute Gasteiger partial charge is 0.354 e. The summed E-state index contributed by atoms with van der Waals surface area (Å²) in [5.41, 5.74) is 1.78. The van der Waals surface area contributed by atoms with E-state index < -0.39 is 0 Å². The number of benzene rings is 1. The normalized spacial score (nSPS) is 17.6. The molecule has 2 rings (SSSR count). The van der Waals surface area contributed by atoms with E-state index in [4.69, 9.17) is 0 Å². The molecule has 1 unspecified atom stereocenters.